The van der Waals surface area contributed by atoms with Crippen molar-refractivity contribution in [3.05, 3.63) is 106 Å². The summed E-state index contributed by atoms with van der Waals surface area (Å²) in [6.07, 6.45) is 20.7. The van der Waals surface area contributed by atoms with Crippen LogP contribution in [0.3, 0.4) is 0 Å². The molecule has 272 valence electrons. The van der Waals surface area contributed by atoms with Crippen molar-refractivity contribution in [3.63, 3.8) is 0 Å². The fraction of sp³-hybridized carbons (Fsp3) is 0.489. The fourth-order valence-corrected chi connectivity index (χ4v) is 8.82. The van der Waals surface area contributed by atoms with Crippen LogP contribution in [0, 0.1) is 0 Å². The van der Waals surface area contributed by atoms with Crippen molar-refractivity contribution in [1.82, 2.24) is 0 Å². The molecule has 0 bridgehead atoms. The van der Waals surface area contributed by atoms with Crippen LogP contribution >= 0.6 is 23.2 Å². The average molecular weight is 726 g/mol. The van der Waals surface area contributed by atoms with Gasteiger partial charge in [0.25, 0.3) is 0 Å². The van der Waals surface area contributed by atoms with Gasteiger partial charge in [-0.2, -0.15) is 0 Å². The third-order valence-corrected chi connectivity index (χ3v) is 11.8. The van der Waals surface area contributed by atoms with Gasteiger partial charge in [0, 0.05) is 11.8 Å². The van der Waals surface area contributed by atoms with Crippen molar-refractivity contribution in [2.75, 3.05) is 13.2 Å². The number of hydrogen-bond acceptors (Lipinski definition) is 2. The normalized spacial score (nSPS) is 13.3. The van der Waals surface area contributed by atoms with Gasteiger partial charge in [-0.05, 0) is 92.7 Å². The lowest BCUT2D eigenvalue weighted by atomic mass is 9.70. The van der Waals surface area contributed by atoms with Gasteiger partial charge in [-0.25, -0.2) is 0 Å². The van der Waals surface area contributed by atoms with E-state index in [2.05, 4.69) is 86.6 Å². The number of fused-ring (bicyclic) bond motifs is 10. The van der Waals surface area contributed by atoms with E-state index in [0.29, 0.717) is 11.8 Å². The molecule has 0 heterocycles. The van der Waals surface area contributed by atoms with E-state index >= 15 is 0 Å². The van der Waals surface area contributed by atoms with E-state index in [1.807, 2.05) is 0 Å². The molecule has 0 aromatic heterocycles. The highest BCUT2D eigenvalue weighted by Crippen LogP contribution is 2.63. The highest BCUT2D eigenvalue weighted by atomic mass is 35.5. The molecule has 0 saturated carbocycles. The maximum atomic E-state index is 6.49. The molecule has 0 unspecified atom stereocenters. The third-order valence-electron chi connectivity index (χ3n) is 11.2. The zero-order valence-electron chi connectivity index (χ0n) is 31.1. The lowest BCUT2D eigenvalue weighted by Gasteiger charge is -2.31. The molecule has 6 rings (SSSR count). The molecule has 2 aliphatic carbocycles. The highest BCUT2D eigenvalue weighted by molar-refractivity contribution is 6.17. The topological polar surface area (TPSA) is 18.5 Å². The smallest absolute Gasteiger partial charge is 0.119 e. The van der Waals surface area contributed by atoms with Gasteiger partial charge in [0.2, 0.25) is 0 Å². The first-order chi connectivity index (χ1) is 25.1. The van der Waals surface area contributed by atoms with Crippen LogP contribution in [0.1, 0.15) is 150 Å². The Morgan fingerprint density at radius 3 is 1.20 bits per heavy atom. The number of ether oxygens (including phenoxy) is 2. The van der Waals surface area contributed by atoms with Crippen LogP contribution in [-0.2, 0) is 17.2 Å². The van der Waals surface area contributed by atoms with Crippen LogP contribution in [0.2, 0.25) is 0 Å². The van der Waals surface area contributed by atoms with Gasteiger partial charge in [0.1, 0.15) is 11.5 Å². The number of benzene rings is 4. The number of rotatable bonds is 22. The van der Waals surface area contributed by atoms with Gasteiger partial charge in [-0.1, -0.05) is 152 Å². The first-order valence-electron chi connectivity index (χ1n) is 20.1. The van der Waals surface area contributed by atoms with E-state index in [4.69, 9.17) is 32.7 Å². The second kappa shape index (κ2) is 18.7. The van der Waals surface area contributed by atoms with E-state index in [0.717, 1.165) is 48.7 Å². The minimum Gasteiger partial charge on any atom is -0.494 e. The molecule has 0 radical (unpaired) electrons. The lowest BCUT2D eigenvalue weighted by molar-refractivity contribution is 0.304. The number of halogens is 2. The van der Waals surface area contributed by atoms with Crippen molar-refractivity contribution in [3.8, 4) is 33.8 Å². The largest absolute Gasteiger partial charge is 0.494 e. The molecular weight excluding hydrogens is 667 g/mol. The number of unbranched alkanes of at least 4 members (excludes halogenated alkanes) is 14. The molecule has 4 aromatic rings. The van der Waals surface area contributed by atoms with Crippen molar-refractivity contribution in [2.24, 2.45) is 0 Å². The fourth-order valence-electron chi connectivity index (χ4n) is 8.49. The first kappa shape index (κ1) is 37.8. The second-order valence-corrected chi connectivity index (χ2v) is 15.4. The molecule has 4 heteroatoms. The summed E-state index contributed by atoms with van der Waals surface area (Å²) < 4.78 is 12.9. The van der Waals surface area contributed by atoms with E-state index in [1.54, 1.807) is 0 Å². The summed E-state index contributed by atoms with van der Waals surface area (Å²) in [6, 6.07) is 27.1. The molecule has 0 fully saturated rings. The first-order valence-corrected chi connectivity index (χ1v) is 21.2. The van der Waals surface area contributed by atoms with Gasteiger partial charge >= 0.3 is 0 Å². The summed E-state index contributed by atoms with van der Waals surface area (Å²) in [5.74, 6) is 2.83. The number of alkyl halides is 2. The minimum atomic E-state index is -0.466. The average Bonchev–Trinajstić information content (AvgIpc) is 3.61. The maximum absolute atomic E-state index is 6.49. The molecule has 0 N–H and O–H groups in total. The summed E-state index contributed by atoms with van der Waals surface area (Å²) in [5.41, 5.74) is 11.9. The molecule has 1 spiro atoms. The van der Waals surface area contributed by atoms with Crippen LogP contribution in [0.4, 0.5) is 0 Å². The van der Waals surface area contributed by atoms with Crippen LogP contribution in [0.15, 0.2) is 72.8 Å². The monoisotopic (exact) mass is 724 g/mol. The Morgan fingerprint density at radius 2 is 0.804 bits per heavy atom. The molecule has 4 aromatic carbocycles. The van der Waals surface area contributed by atoms with Crippen molar-refractivity contribution >= 4 is 23.2 Å². The zero-order valence-corrected chi connectivity index (χ0v) is 32.7. The molecule has 2 nitrogen and oxygen atoms in total. The predicted octanol–water partition coefficient (Wildman–Crippen LogP) is 14.5. The Labute approximate surface area is 318 Å². The molecule has 51 heavy (non-hydrogen) atoms. The number of hydrogen-bond donors (Lipinski definition) is 0. The van der Waals surface area contributed by atoms with Gasteiger partial charge < -0.3 is 9.47 Å². The van der Waals surface area contributed by atoms with Crippen molar-refractivity contribution < 1.29 is 9.47 Å². The molecule has 2 aliphatic rings. The second-order valence-electron chi connectivity index (χ2n) is 14.8. The Balaban J connectivity index is 1.29. The van der Waals surface area contributed by atoms with Crippen molar-refractivity contribution in [1.29, 1.82) is 0 Å². The SMILES string of the molecule is CCCCCCCCCCOc1ccc2c(c1)-c1cc(OCCCCCCCCCC)ccc1C21c2cc(CCl)ccc2-c2ccc(CCl)cc21. The van der Waals surface area contributed by atoms with Crippen molar-refractivity contribution in [2.45, 2.75) is 134 Å². The van der Waals surface area contributed by atoms with Crippen LogP contribution < -0.4 is 9.47 Å². The van der Waals surface area contributed by atoms with Crippen LogP contribution in [-0.4, -0.2) is 13.2 Å². The predicted molar refractivity (Wildman–Crippen MR) is 218 cm³/mol. The lowest BCUT2D eigenvalue weighted by Crippen LogP contribution is -2.26. The van der Waals surface area contributed by atoms with E-state index < -0.39 is 5.41 Å². The Hall–Kier alpha value is -2.94. The molecule has 0 atom stereocenters. The summed E-state index contributed by atoms with van der Waals surface area (Å²) in [6.45, 7) is 6.05. The van der Waals surface area contributed by atoms with Gasteiger partial charge in [-0.3, -0.25) is 0 Å². The van der Waals surface area contributed by atoms with Crippen LogP contribution in [0.25, 0.3) is 22.3 Å². The Morgan fingerprint density at radius 1 is 0.412 bits per heavy atom. The van der Waals surface area contributed by atoms with E-state index in [-0.39, 0.29) is 0 Å². The van der Waals surface area contributed by atoms with Gasteiger partial charge in [0.05, 0.1) is 18.6 Å². The molecular formula is C47H58Cl2O2. The third kappa shape index (κ3) is 8.34. The quantitative estimate of drug-likeness (QED) is 0.0512. The van der Waals surface area contributed by atoms with Gasteiger partial charge in [-0.15, -0.1) is 23.2 Å². The molecule has 0 amide bonds. The zero-order chi connectivity index (χ0) is 35.5. The minimum absolute atomic E-state index is 0.466. The van der Waals surface area contributed by atoms with Gasteiger partial charge in [0.15, 0.2) is 0 Å². The molecule has 0 aliphatic heterocycles. The highest BCUT2D eigenvalue weighted by Gasteiger charge is 2.52. The molecule has 0 saturated heterocycles. The standard InChI is InChI=1S/C47H58Cl2O2/c1-3-5-7-9-11-13-15-17-27-50-37-21-25-43-41(31-37)42-32-38(51-28-18-16-14-12-10-8-6-4-2)22-26-44(42)47(43)45-29-35(33-48)19-23-39(45)40-24-20-36(34-49)30-46(40)47/h19-26,29-32H,3-18,27-28,33-34H2,1-2H3. The summed E-state index contributed by atoms with van der Waals surface area (Å²) >= 11 is 13.0. The summed E-state index contributed by atoms with van der Waals surface area (Å²) in [5, 5.41) is 0. The maximum Gasteiger partial charge on any atom is 0.119 e. The summed E-state index contributed by atoms with van der Waals surface area (Å²) in [7, 11) is 0. The summed E-state index contributed by atoms with van der Waals surface area (Å²) in [4.78, 5) is 0. The van der Waals surface area contributed by atoms with E-state index in [9.17, 15) is 0 Å². The van der Waals surface area contributed by atoms with Crippen LogP contribution in [0.5, 0.6) is 11.5 Å². The Bertz CT molecular complexity index is 1600. The Kier molecular flexibility index (Phi) is 13.9. The van der Waals surface area contributed by atoms with E-state index in [1.165, 1.54) is 134 Å².